The maximum absolute atomic E-state index is 10.0. The number of benzene rings is 1. The zero-order valence-corrected chi connectivity index (χ0v) is 20.6. The van der Waals surface area contributed by atoms with Crippen LogP contribution in [-0.4, -0.2) is 64.9 Å². The largest absolute Gasteiger partial charge is 0.493 e. The van der Waals surface area contributed by atoms with Crippen molar-refractivity contribution in [3.8, 4) is 34.3 Å². The topological polar surface area (TPSA) is 123 Å². The molecule has 0 saturated carbocycles. The van der Waals surface area contributed by atoms with Gasteiger partial charge in [-0.1, -0.05) is 30.6 Å². The number of aliphatic hydroxyl groups is 2. The average molecular weight is 491 g/mol. The molecule has 184 valence electrons. The molecule has 0 spiro atoms. The van der Waals surface area contributed by atoms with E-state index in [-0.39, 0.29) is 24.8 Å². The summed E-state index contributed by atoms with van der Waals surface area (Å²) in [5.74, 6) is 1.91. The Labute approximate surface area is 204 Å². The standard InChI is InChI=1S/C24H31ClN4O5/c1-14(2)7-18-9-17(8-15(3)27-18)24-28-23(29-34-24)16-10-20(25)22(21(11-16)32-4)33-13-19(31)12-26-5-6-30/h8-11,14,19,26,30-31H,5-7,12-13H2,1-4H3/t19-/m0/s1. The van der Waals surface area contributed by atoms with Gasteiger partial charge in [0.1, 0.15) is 12.7 Å². The summed E-state index contributed by atoms with van der Waals surface area (Å²) < 4.78 is 16.7. The van der Waals surface area contributed by atoms with Gasteiger partial charge in [-0.05, 0) is 43.5 Å². The molecule has 2 heterocycles. The fourth-order valence-corrected chi connectivity index (χ4v) is 3.68. The Balaban J connectivity index is 1.80. The molecule has 0 aliphatic carbocycles. The summed E-state index contributed by atoms with van der Waals surface area (Å²) in [6.07, 6.45) is 0.0760. The molecule has 3 N–H and O–H groups in total. The number of hydrogen-bond acceptors (Lipinski definition) is 9. The molecular weight excluding hydrogens is 460 g/mol. The summed E-state index contributed by atoms with van der Waals surface area (Å²) in [6, 6.07) is 7.24. The average Bonchev–Trinajstić information content (AvgIpc) is 3.27. The molecular formula is C24H31ClN4O5. The molecule has 1 aromatic carbocycles. The van der Waals surface area contributed by atoms with Gasteiger partial charge in [0.25, 0.3) is 5.89 Å². The van der Waals surface area contributed by atoms with Crippen molar-refractivity contribution in [1.82, 2.24) is 20.4 Å². The first-order valence-electron chi connectivity index (χ1n) is 11.1. The van der Waals surface area contributed by atoms with Crippen LogP contribution in [0.25, 0.3) is 22.8 Å². The van der Waals surface area contributed by atoms with E-state index in [1.165, 1.54) is 7.11 Å². The van der Waals surface area contributed by atoms with Gasteiger partial charge < -0.3 is 29.5 Å². The van der Waals surface area contributed by atoms with Gasteiger partial charge in [0.05, 0.1) is 18.7 Å². The molecule has 0 fully saturated rings. The molecule has 0 amide bonds. The number of halogens is 1. The summed E-state index contributed by atoms with van der Waals surface area (Å²) in [5, 5.41) is 26.1. The Bertz CT molecular complexity index is 1090. The first-order valence-corrected chi connectivity index (χ1v) is 11.5. The molecule has 1 atom stereocenters. The van der Waals surface area contributed by atoms with Gasteiger partial charge in [-0.2, -0.15) is 4.98 Å². The molecule has 0 aliphatic rings. The Morgan fingerprint density at radius 1 is 1.15 bits per heavy atom. The number of aryl methyl sites for hydroxylation is 1. The number of nitrogens with zero attached hydrogens (tertiary/aromatic N) is 3. The van der Waals surface area contributed by atoms with Crippen molar-refractivity contribution >= 4 is 11.6 Å². The number of pyridine rings is 1. The number of methoxy groups -OCH3 is 1. The Hall–Kier alpha value is -2.72. The minimum Gasteiger partial charge on any atom is -0.493 e. The second-order valence-corrected chi connectivity index (χ2v) is 8.80. The molecule has 0 aliphatic heterocycles. The minimum atomic E-state index is -0.781. The van der Waals surface area contributed by atoms with E-state index in [9.17, 15) is 5.11 Å². The normalized spacial score (nSPS) is 12.2. The fourth-order valence-electron chi connectivity index (χ4n) is 3.42. The molecule has 34 heavy (non-hydrogen) atoms. The van der Waals surface area contributed by atoms with E-state index in [0.29, 0.717) is 41.2 Å². The van der Waals surface area contributed by atoms with Crippen molar-refractivity contribution in [1.29, 1.82) is 0 Å². The van der Waals surface area contributed by atoms with Crippen molar-refractivity contribution in [3.63, 3.8) is 0 Å². The van der Waals surface area contributed by atoms with Crippen LogP contribution in [0, 0.1) is 12.8 Å². The third-order valence-corrected chi connectivity index (χ3v) is 5.15. The Morgan fingerprint density at radius 3 is 2.65 bits per heavy atom. The van der Waals surface area contributed by atoms with Gasteiger partial charge in [0, 0.05) is 35.6 Å². The van der Waals surface area contributed by atoms with Crippen LogP contribution in [0.15, 0.2) is 28.8 Å². The number of rotatable bonds is 12. The maximum Gasteiger partial charge on any atom is 0.258 e. The summed E-state index contributed by atoms with van der Waals surface area (Å²) in [6.45, 7) is 6.89. The highest BCUT2D eigenvalue weighted by Crippen LogP contribution is 2.39. The third kappa shape index (κ3) is 6.89. The lowest BCUT2D eigenvalue weighted by Gasteiger charge is -2.16. The Kier molecular flexibility index (Phi) is 9.23. The summed E-state index contributed by atoms with van der Waals surface area (Å²) >= 11 is 6.46. The second kappa shape index (κ2) is 12.1. The molecule has 9 nitrogen and oxygen atoms in total. The van der Waals surface area contributed by atoms with Crippen LogP contribution in [0.5, 0.6) is 11.5 Å². The quantitative estimate of drug-likeness (QED) is 0.328. The smallest absolute Gasteiger partial charge is 0.258 e. The van der Waals surface area contributed by atoms with Crippen LogP contribution in [0.2, 0.25) is 5.02 Å². The number of aromatic nitrogens is 3. The molecule has 3 rings (SSSR count). The van der Waals surface area contributed by atoms with Crippen LogP contribution in [0.3, 0.4) is 0 Å². The van der Waals surface area contributed by atoms with Gasteiger partial charge in [0.15, 0.2) is 11.5 Å². The van der Waals surface area contributed by atoms with E-state index in [0.717, 1.165) is 23.4 Å². The highest BCUT2D eigenvalue weighted by molar-refractivity contribution is 6.32. The van der Waals surface area contributed by atoms with Crippen LogP contribution in [-0.2, 0) is 6.42 Å². The SMILES string of the molecule is COc1cc(-c2noc(-c3cc(C)nc(CC(C)C)c3)n2)cc(Cl)c1OC[C@@H](O)CNCCO. The van der Waals surface area contributed by atoms with Gasteiger partial charge in [0.2, 0.25) is 5.82 Å². The highest BCUT2D eigenvalue weighted by Gasteiger charge is 2.19. The lowest BCUT2D eigenvalue weighted by atomic mass is 10.1. The number of ether oxygens (including phenoxy) is 2. The summed E-state index contributed by atoms with van der Waals surface area (Å²) in [4.78, 5) is 9.13. The first kappa shape index (κ1) is 25.9. The molecule has 2 aromatic heterocycles. The minimum absolute atomic E-state index is 0.000315. The lowest BCUT2D eigenvalue weighted by Crippen LogP contribution is -2.33. The van der Waals surface area contributed by atoms with Gasteiger partial charge in [-0.3, -0.25) is 4.98 Å². The molecule has 10 heteroatoms. The number of hydrogen-bond donors (Lipinski definition) is 3. The van der Waals surface area contributed by atoms with Gasteiger partial charge >= 0.3 is 0 Å². The van der Waals surface area contributed by atoms with E-state index < -0.39 is 6.10 Å². The van der Waals surface area contributed by atoms with Crippen molar-refractivity contribution in [2.24, 2.45) is 5.92 Å². The Morgan fingerprint density at radius 2 is 1.94 bits per heavy atom. The predicted octanol–water partition coefficient (Wildman–Crippen LogP) is 3.29. The van der Waals surface area contributed by atoms with Crippen molar-refractivity contribution in [2.45, 2.75) is 33.3 Å². The van der Waals surface area contributed by atoms with Crippen molar-refractivity contribution in [2.75, 3.05) is 33.4 Å². The van der Waals surface area contributed by atoms with Crippen molar-refractivity contribution in [3.05, 3.63) is 40.7 Å². The fraction of sp³-hybridized carbons (Fsp3) is 0.458. The summed E-state index contributed by atoms with van der Waals surface area (Å²) in [5.41, 5.74) is 3.27. The number of aliphatic hydroxyl groups excluding tert-OH is 2. The monoisotopic (exact) mass is 490 g/mol. The first-order chi connectivity index (χ1) is 16.3. The maximum atomic E-state index is 10.0. The molecule has 0 bridgehead atoms. The van der Waals surface area contributed by atoms with Gasteiger partial charge in [-0.15, -0.1) is 0 Å². The second-order valence-electron chi connectivity index (χ2n) is 8.39. The zero-order valence-electron chi connectivity index (χ0n) is 19.8. The van der Waals surface area contributed by atoms with E-state index in [2.05, 4.69) is 34.3 Å². The highest BCUT2D eigenvalue weighted by atomic mass is 35.5. The number of nitrogens with one attached hydrogen (secondary N) is 1. The molecule has 0 unspecified atom stereocenters. The van der Waals surface area contributed by atoms with Crippen LogP contribution >= 0.6 is 11.6 Å². The summed E-state index contributed by atoms with van der Waals surface area (Å²) in [7, 11) is 1.50. The van der Waals surface area contributed by atoms with Gasteiger partial charge in [-0.25, -0.2) is 0 Å². The van der Waals surface area contributed by atoms with Crippen molar-refractivity contribution < 1.29 is 24.2 Å². The van der Waals surface area contributed by atoms with Crippen LogP contribution < -0.4 is 14.8 Å². The van der Waals surface area contributed by atoms with Crippen LogP contribution in [0.4, 0.5) is 0 Å². The predicted molar refractivity (Wildman–Crippen MR) is 129 cm³/mol. The van der Waals surface area contributed by atoms with E-state index >= 15 is 0 Å². The van der Waals surface area contributed by atoms with Crippen LogP contribution in [0.1, 0.15) is 25.2 Å². The van der Waals surface area contributed by atoms with E-state index in [1.54, 1.807) is 12.1 Å². The lowest BCUT2D eigenvalue weighted by molar-refractivity contribution is 0.103. The molecule has 0 saturated heterocycles. The molecule has 0 radical (unpaired) electrons. The zero-order chi connectivity index (χ0) is 24.7. The third-order valence-electron chi connectivity index (χ3n) is 4.87. The van der Waals surface area contributed by atoms with E-state index in [4.69, 9.17) is 30.7 Å². The molecule has 3 aromatic rings. The van der Waals surface area contributed by atoms with E-state index in [1.807, 2.05) is 19.1 Å².